The van der Waals surface area contributed by atoms with Crippen molar-refractivity contribution in [3.63, 3.8) is 0 Å². The summed E-state index contributed by atoms with van der Waals surface area (Å²) >= 11 is 0. The number of aromatic nitrogens is 4. The summed E-state index contributed by atoms with van der Waals surface area (Å²) in [4.78, 5) is 20.4. The van der Waals surface area contributed by atoms with Gasteiger partial charge in [-0.25, -0.2) is 4.98 Å². The van der Waals surface area contributed by atoms with Crippen LogP contribution < -0.4 is 0 Å². The molecule has 9 heteroatoms. The van der Waals surface area contributed by atoms with Crippen LogP contribution in [0.25, 0.3) is 0 Å². The number of hydrogen-bond acceptors (Lipinski definition) is 3. The van der Waals surface area contributed by atoms with Gasteiger partial charge in [-0.3, -0.25) is 9.48 Å². The number of amides is 1. The van der Waals surface area contributed by atoms with Crippen LogP contribution in [-0.2, 0) is 24.4 Å². The Morgan fingerprint density at radius 1 is 1.44 bits per heavy atom. The summed E-state index contributed by atoms with van der Waals surface area (Å²) in [5.74, 6) is 0.121. The third-order valence-electron chi connectivity index (χ3n) is 4.58. The summed E-state index contributed by atoms with van der Waals surface area (Å²) in [6.45, 7) is 1.03. The van der Waals surface area contributed by atoms with Crippen molar-refractivity contribution in [2.45, 2.75) is 37.8 Å². The van der Waals surface area contributed by atoms with E-state index in [2.05, 4.69) is 15.1 Å². The monoisotopic (exact) mass is 355 g/mol. The number of nitrogens with one attached hydrogen (secondary N) is 1. The molecule has 0 bridgehead atoms. The van der Waals surface area contributed by atoms with E-state index in [1.54, 1.807) is 15.8 Å². The SMILES string of the molecule is Cn1nccc1CCC(=O)N1CCC[C@@H](c2ncc(C(F)(F)F)[nH]2)C1. The summed E-state index contributed by atoms with van der Waals surface area (Å²) in [7, 11) is 1.83. The van der Waals surface area contributed by atoms with Crippen molar-refractivity contribution in [2.24, 2.45) is 7.05 Å². The van der Waals surface area contributed by atoms with Gasteiger partial charge >= 0.3 is 6.18 Å². The Morgan fingerprint density at radius 2 is 2.24 bits per heavy atom. The second-order valence-electron chi connectivity index (χ2n) is 6.30. The lowest BCUT2D eigenvalue weighted by Crippen LogP contribution is -2.39. The van der Waals surface area contributed by atoms with Gasteiger partial charge in [0.15, 0.2) is 0 Å². The molecule has 1 amide bonds. The van der Waals surface area contributed by atoms with Crippen LogP contribution in [0.4, 0.5) is 13.2 Å². The maximum absolute atomic E-state index is 12.7. The number of imidazole rings is 1. The highest BCUT2D eigenvalue weighted by Gasteiger charge is 2.34. The van der Waals surface area contributed by atoms with Crippen LogP contribution in [0.2, 0.25) is 0 Å². The number of halogens is 3. The van der Waals surface area contributed by atoms with Crippen molar-refractivity contribution in [1.29, 1.82) is 0 Å². The molecule has 0 aliphatic carbocycles. The average molecular weight is 355 g/mol. The second kappa shape index (κ2) is 6.89. The van der Waals surface area contributed by atoms with Crippen molar-refractivity contribution in [2.75, 3.05) is 13.1 Å². The standard InChI is InChI=1S/C16H20F3N5O/c1-23-12(6-7-21-23)4-5-14(25)24-8-2-3-11(10-24)15-20-9-13(22-15)16(17,18)19/h6-7,9,11H,2-5,8,10H2,1H3,(H,20,22)/t11-/m1/s1. The fourth-order valence-electron chi connectivity index (χ4n) is 3.15. The van der Waals surface area contributed by atoms with E-state index in [9.17, 15) is 18.0 Å². The van der Waals surface area contributed by atoms with Crippen molar-refractivity contribution < 1.29 is 18.0 Å². The number of H-pyrrole nitrogens is 1. The van der Waals surface area contributed by atoms with E-state index in [1.807, 2.05) is 13.1 Å². The molecule has 6 nitrogen and oxygen atoms in total. The number of aromatic amines is 1. The number of piperidine rings is 1. The lowest BCUT2D eigenvalue weighted by Gasteiger charge is -2.32. The molecule has 1 saturated heterocycles. The van der Waals surface area contributed by atoms with Crippen molar-refractivity contribution in [3.05, 3.63) is 35.7 Å². The molecule has 0 radical (unpaired) electrons. The highest BCUT2D eigenvalue weighted by Crippen LogP contribution is 2.31. The number of rotatable bonds is 4. The summed E-state index contributed by atoms with van der Waals surface area (Å²) in [6.07, 6.45) is 0.497. The third-order valence-corrected chi connectivity index (χ3v) is 4.58. The van der Waals surface area contributed by atoms with Crippen LogP contribution in [0.3, 0.4) is 0 Å². The van der Waals surface area contributed by atoms with Gasteiger partial charge < -0.3 is 9.88 Å². The van der Waals surface area contributed by atoms with E-state index in [0.717, 1.165) is 24.7 Å². The number of nitrogens with zero attached hydrogens (tertiary/aromatic N) is 4. The Morgan fingerprint density at radius 3 is 2.88 bits per heavy atom. The largest absolute Gasteiger partial charge is 0.432 e. The summed E-state index contributed by atoms with van der Waals surface area (Å²) in [5, 5.41) is 4.07. The quantitative estimate of drug-likeness (QED) is 0.916. The lowest BCUT2D eigenvalue weighted by molar-refractivity contribution is -0.141. The van der Waals surface area contributed by atoms with E-state index in [0.29, 0.717) is 31.8 Å². The van der Waals surface area contributed by atoms with Crippen LogP contribution in [0.1, 0.15) is 42.4 Å². The molecule has 0 unspecified atom stereocenters. The highest BCUT2D eigenvalue weighted by molar-refractivity contribution is 5.76. The molecule has 1 aliphatic rings. The van der Waals surface area contributed by atoms with E-state index in [4.69, 9.17) is 0 Å². The number of carbonyl (C=O) groups is 1. The Labute approximate surface area is 143 Å². The topological polar surface area (TPSA) is 66.8 Å². The van der Waals surface area contributed by atoms with E-state index < -0.39 is 11.9 Å². The highest BCUT2D eigenvalue weighted by atomic mass is 19.4. The minimum Gasteiger partial charge on any atom is -0.342 e. The molecule has 2 aromatic heterocycles. The predicted octanol–water partition coefficient (Wildman–Crippen LogP) is 2.50. The van der Waals surface area contributed by atoms with Crippen LogP contribution >= 0.6 is 0 Å². The molecule has 3 rings (SSSR count). The van der Waals surface area contributed by atoms with Gasteiger partial charge in [-0.15, -0.1) is 0 Å². The zero-order chi connectivity index (χ0) is 18.0. The van der Waals surface area contributed by atoms with Crippen molar-refractivity contribution in [3.8, 4) is 0 Å². The fourth-order valence-corrected chi connectivity index (χ4v) is 3.15. The molecule has 1 aliphatic heterocycles. The van der Waals surface area contributed by atoms with E-state index >= 15 is 0 Å². The minimum absolute atomic E-state index is 0.00787. The van der Waals surface area contributed by atoms with E-state index in [1.165, 1.54) is 0 Å². The van der Waals surface area contributed by atoms with Gasteiger partial charge in [0.05, 0.1) is 6.20 Å². The Kier molecular flexibility index (Phi) is 4.82. The van der Waals surface area contributed by atoms with Gasteiger partial charge in [0.25, 0.3) is 0 Å². The first-order chi connectivity index (χ1) is 11.8. The van der Waals surface area contributed by atoms with E-state index in [-0.39, 0.29) is 11.8 Å². The third kappa shape index (κ3) is 4.02. The smallest absolute Gasteiger partial charge is 0.342 e. The average Bonchev–Trinajstić information content (AvgIpc) is 3.21. The molecule has 2 aromatic rings. The Balaban J connectivity index is 1.60. The van der Waals surface area contributed by atoms with Gasteiger partial charge in [-0.05, 0) is 25.3 Å². The number of alkyl halides is 3. The molecule has 3 heterocycles. The second-order valence-corrected chi connectivity index (χ2v) is 6.30. The van der Waals surface area contributed by atoms with Gasteiger partial charge in [0.1, 0.15) is 11.5 Å². The first-order valence-corrected chi connectivity index (χ1v) is 8.21. The molecule has 0 spiro atoms. The zero-order valence-electron chi connectivity index (χ0n) is 13.9. The molecule has 1 fully saturated rings. The first kappa shape index (κ1) is 17.5. The number of carbonyl (C=O) groups excluding carboxylic acids is 1. The van der Waals surface area contributed by atoms with Crippen molar-refractivity contribution in [1.82, 2.24) is 24.6 Å². The predicted molar refractivity (Wildman–Crippen MR) is 83.7 cm³/mol. The molecular weight excluding hydrogens is 335 g/mol. The fraction of sp³-hybridized carbons (Fsp3) is 0.562. The van der Waals surface area contributed by atoms with Crippen LogP contribution in [0.15, 0.2) is 18.5 Å². The van der Waals surface area contributed by atoms with Crippen LogP contribution in [0.5, 0.6) is 0 Å². The summed E-state index contributed by atoms with van der Waals surface area (Å²) in [5.41, 5.74) is 0.130. The molecular formula is C16H20F3N5O. The molecule has 0 saturated carbocycles. The molecule has 1 N–H and O–H groups in total. The minimum atomic E-state index is -4.43. The maximum Gasteiger partial charge on any atom is 0.432 e. The van der Waals surface area contributed by atoms with Crippen molar-refractivity contribution >= 4 is 5.91 Å². The van der Waals surface area contributed by atoms with Gasteiger partial charge in [-0.1, -0.05) is 0 Å². The number of likely N-dealkylation sites (tertiary alicyclic amines) is 1. The molecule has 25 heavy (non-hydrogen) atoms. The van der Waals surface area contributed by atoms with Crippen LogP contribution in [0, 0.1) is 0 Å². The summed E-state index contributed by atoms with van der Waals surface area (Å²) < 4.78 is 39.8. The normalized spacial score (nSPS) is 18.6. The van der Waals surface area contributed by atoms with Gasteiger partial charge in [0.2, 0.25) is 5.91 Å². The number of hydrogen-bond donors (Lipinski definition) is 1. The molecule has 0 aromatic carbocycles. The number of aryl methyl sites for hydroxylation is 2. The Hall–Kier alpha value is -2.32. The zero-order valence-corrected chi connectivity index (χ0v) is 13.9. The molecule has 1 atom stereocenters. The first-order valence-electron chi connectivity index (χ1n) is 8.21. The molecule has 136 valence electrons. The Bertz CT molecular complexity index is 736. The lowest BCUT2D eigenvalue weighted by atomic mass is 9.97. The van der Waals surface area contributed by atoms with Gasteiger partial charge in [-0.2, -0.15) is 18.3 Å². The maximum atomic E-state index is 12.7. The summed E-state index contributed by atoms with van der Waals surface area (Å²) in [6, 6.07) is 1.87. The van der Waals surface area contributed by atoms with Gasteiger partial charge in [0, 0.05) is 44.4 Å². The van der Waals surface area contributed by atoms with Crippen LogP contribution in [-0.4, -0.2) is 43.6 Å².